The fourth-order valence-corrected chi connectivity index (χ4v) is 3.80. The summed E-state index contributed by atoms with van der Waals surface area (Å²) in [7, 11) is 0. The zero-order valence-electron chi connectivity index (χ0n) is 14.4. The van der Waals surface area contributed by atoms with Crippen molar-refractivity contribution in [2.45, 2.75) is 47.0 Å². The van der Waals surface area contributed by atoms with Gasteiger partial charge in [0.25, 0.3) is 0 Å². The average Bonchev–Trinajstić information content (AvgIpc) is 2.79. The number of rotatable bonds is 6. The van der Waals surface area contributed by atoms with Crippen molar-refractivity contribution < 1.29 is 14.7 Å². The fourth-order valence-electron chi connectivity index (χ4n) is 2.82. The molecule has 6 heteroatoms. The van der Waals surface area contributed by atoms with Gasteiger partial charge in [-0.1, -0.05) is 24.6 Å². The van der Waals surface area contributed by atoms with Crippen LogP contribution in [0.25, 0.3) is 11.3 Å². The second-order valence-corrected chi connectivity index (χ2v) is 7.02. The molecule has 0 unspecified atom stereocenters. The summed E-state index contributed by atoms with van der Waals surface area (Å²) in [5.41, 5.74) is 4.86. The number of nitrogens with one attached hydrogen (secondary N) is 1. The lowest BCUT2D eigenvalue weighted by Gasteiger charge is -2.10. The van der Waals surface area contributed by atoms with Gasteiger partial charge < -0.3 is 10.4 Å². The number of amides is 1. The van der Waals surface area contributed by atoms with E-state index in [1.54, 1.807) is 0 Å². The van der Waals surface area contributed by atoms with Crippen LogP contribution in [-0.2, 0) is 16.0 Å². The molecule has 5 nitrogen and oxygen atoms in total. The predicted octanol–water partition coefficient (Wildman–Crippen LogP) is 4.10. The third kappa shape index (κ3) is 4.20. The van der Waals surface area contributed by atoms with Gasteiger partial charge >= 0.3 is 5.97 Å². The number of aromatic nitrogens is 1. The molecule has 0 saturated heterocycles. The first-order valence-electron chi connectivity index (χ1n) is 7.91. The SMILES string of the molecule is CCCC(=O)Nc1nc(-c2c(C)cc(C)cc2C)c(CC(=O)O)s1. The van der Waals surface area contributed by atoms with E-state index >= 15 is 0 Å². The lowest BCUT2D eigenvalue weighted by atomic mass is 9.96. The number of hydrogen-bond acceptors (Lipinski definition) is 4. The van der Waals surface area contributed by atoms with Crippen LogP contribution in [-0.4, -0.2) is 22.0 Å². The van der Waals surface area contributed by atoms with Crippen LogP contribution in [0.2, 0.25) is 0 Å². The Balaban J connectivity index is 2.50. The summed E-state index contributed by atoms with van der Waals surface area (Å²) >= 11 is 1.23. The quantitative estimate of drug-likeness (QED) is 0.825. The van der Waals surface area contributed by atoms with Crippen LogP contribution >= 0.6 is 11.3 Å². The van der Waals surface area contributed by atoms with Gasteiger partial charge in [0.05, 0.1) is 12.1 Å². The molecule has 1 heterocycles. The Hall–Kier alpha value is -2.21. The van der Waals surface area contributed by atoms with Crippen molar-refractivity contribution in [1.82, 2.24) is 4.98 Å². The van der Waals surface area contributed by atoms with Gasteiger partial charge in [-0.05, 0) is 38.3 Å². The number of anilines is 1. The second-order valence-electron chi connectivity index (χ2n) is 5.93. The zero-order valence-corrected chi connectivity index (χ0v) is 15.2. The second kappa shape index (κ2) is 7.57. The molecule has 1 aromatic carbocycles. The summed E-state index contributed by atoms with van der Waals surface area (Å²) in [6.07, 6.45) is 1.07. The minimum Gasteiger partial charge on any atom is -0.481 e. The lowest BCUT2D eigenvalue weighted by molar-refractivity contribution is -0.136. The molecule has 0 radical (unpaired) electrons. The highest BCUT2D eigenvalue weighted by atomic mass is 32.1. The van der Waals surface area contributed by atoms with Crippen molar-refractivity contribution in [3.05, 3.63) is 33.7 Å². The Bertz CT molecular complexity index is 758. The monoisotopic (exact) mass is 346 g/mol. The number of nitrogens with zero attached hydrogens (tertiary/aromatic N) is 1. The van der Waals surface area contributed by atoms with Crippen LogP contribution in [0.1, 0.15) is 41.3 Å². The van der Waals surface area contributed by atoms with Crippen LogP contribution in [0.5, 0.6) is 0 Å². The van der Waals surface area contributed by atoms with Crippen molar-refractivity contribution >= 4 is 28.3 Å². The van der Waals surface area contributed by atoms with Gasteiger partial charge in [0, 0.05) is 16.9 Å². The first kappa shape index (κ1) is 18.1. The van der Waals surface area contributed by atoms with E-state index in [0.717, 1.165) is 28.7 Å². The fraction of sp³-hybridized carbons (Fsp3) is 0.389. The number of aliphatic carboxylic acids is 1. The highest BCUT2D eigenvalue weighted by molar-refractivity contribution is 7.16. The van der Waals surface area contributed by atoms with E-state index < -0.39 is 5.97 Å². The van der Waals surface area contributed by atoms with Crippen molar-refractivity contribution in [2.75, 3.05) is 5.32 Å². The molecule has 0 spiro atoms. The van der Waals surface area contributed by atoms with Crippen molar-refractivity contribution in [3.8, 4) is 11.3 Å². The number of aryl methyl sites for hydroxylation is 3. The van der Waals surface area contributed by atoms with Crippen molar-refractivity contribution in [3.63, 3.8) is 0 Å². The van der Waals surface area contributed by atoms with Gasteiger partial charge in [0.1, 0.15) is 0 Å². The maximum absolute atomic E-state index is 11.8. The summed E-state index contributed by atoms with van der Waals surface area (Å²) in [5.74, 6) is -1.01. The molecule has 2 N–H and O–H groups in total. The van der Waals surface area contributed by atoms with E-state index in [4.69, 9.17) is 0 Å². The minimum atomic E-state index is -0.909. The van der Waals surface area contributed by atoms with E-state index in [9.17, 15) is 14.7 Å². The predicted molar refractivity (Wildman–Crippen MR) is 96.6 cm³/mol. The first-order chi connectivity index (χ1) is 11.3. The molecule has 0 aliphatic heterocycles. The van der Waals surface area contributed by atoms with Crippen molar-refractivity contribution in [1.29, 1.82) is 0 Å². The number of carboxylic acids is 1. The van der Waals surface area contributed by atoms with Crippen LogP contribution in [0, 0.1) is 20.8 Å². The Morgan fingerprint density at radius 1 is 1.21 bits per heavy atom. The molecule has 2 aromatic rings. The van der Waals surface area contributed by atoms with Crippen LogP contribution in [0.15, 0.2) is 12.1 Å². The molecular formula is C18H22N2O3S. The number of carbonyl (C=O) groups is 2. The highest BCUT2D eigenvalue weighted by Gasteiger charge is 2.19. The molecule has 0 bridgehead atoms. The van der Waals surface area contributed by atoms with E-state index in [-0.39, 0.29) is 12.3 Å². The van der Waals surface area contributed by atoms with E-state index in [1.165, 1.54) is 11.3 Å². The number of thiazole rings is 1. The van der Waals surface area contributed by atoms with Gasteiger partial charge in [-0.2, -0.15) is 0 Å². The number of carboxylic acid groups (broad SMARTS) is 1. The highest BCUT2D eigenvalue weighted by Crippen LogP contribution is 2.36. The average molecular weight is 346 g/mol. The smallest absolute Gasteiger partial charge is 0.308 e. The third-order valence-corrected chi connectivity index (χ3v) is 4.62. The van der Waals surface area contributed by atoms with Crippen LogP contribution in [0.4, 0.5) is 5.13 Å². The van der Waals surface area contributed by atoms with Gasteiger partial charge in [-0.3, -0.25) is 9.59 Å². The molecule has 1 aromatic heterocycles. The van der Waals surface area contributed by atoms with Gasteiger partial charge in [-0.25, -0.2) is 4.98 Å². The Labute approximate surface area is 145 Å². The molecule has 128 valence electrons. The number of hydrogen-bond donors (Lipinski definition) is 2. The maximum atomic E-state index is 11.8. The number of benzene rings is 1. The Morgan fingerprint density at radius 2 is 1.83 bits per heavy atom. The standard InChI is InChI=1S/C18H22N2O3S/c1-5-6-14(21)19-18-20-17(13(24-18)9-15(22)23)16-11(3)7-10(2)8-12(16)4/h7-8H,5-6,9H2,1-4H3,(H,22,23)(H,19,20,21). The Kier molecular flexibility index (Phi) is 5.72. The minimum absolute atomic E-state index is 0.1000. The van der Waals surface area contributed by atoms with E-state index in [2.05, 4.69) is 22.4 Å². The zero-order chi connectivity index (χ0) is 17.9. The molecule has 0 aliphatic rings. The van der Waals surface area contributed by atoms with E-state index in [1.807, 2.05) is 27.7 Å². The van der Waals surface area contributed by atoms with Crippen molar-refractivity contribution in [2.24, 2.45) is 0 Å². The number of carbonyl (C=O) groups excluding carboxylic acids is 1. The van der Waals surface area contributed by atoms with Crippen LogP contribution < -0.4 is 5.32 Å². The van der Waals surface area contributed by atoms with Crippen LogP contribution in [0.3, 0.4) is 0 Å². The normalized spacial score (nSPS) is 10.7. The molecular weight excluding hydrogens is 324 g/mol. The van der Waals surface area contributed by atoms with Gasteiger partial charge in [-0.15, -0.1) is 11.3 Å². The summed E-state index contributed by atoms with van der Waals surface area (Å²) in [5, 5.41) is 12.4. The molecule has 0 atom stereocenters. The summed E-state index contributed by atoms with van der Waals surface area (Å²) in [6, 6.07) is 4.11. The maximum Gasteiger partial charge on any atom is 0.308 e. The molecule has 0 saturated carbocycles. The summed E-state index contributed by atoms with van der Waals surface area (Å²) < 4.78 is 0. The van der Waals surface area contributed by atoms with Gasteiger partial charge in [0.15, 0.2) is 5.13 Å². The molecule has 24 heavy (non-hydrogen) atoms. The summed E-state index contributed by atoms with van der Waals surface area (Å²) in [6.45, 7) is 7.95. The lowest BCUT2D eigenvalue weighted by Crippen LogP contribution is -2.10. The topological polar surface area (TPSA) is 79.3 Å². The summed E-state index contributed by atoms with van der Waals surface area (Å²) in [4.78, 5) is 28.2. The Morgan fingerprint density at radius 3 is 2.38 bits per heavy atom. The third-order valence-electron chi connectivity index (χ3n) is 3.65. The van der Waals surface area contributed by atoms with Gasteiger partial charge in [0.2, 0.25) is 5.91 Å². The molecule has 0 fully saturated rings. The molecule has 1 amide bonds. The largest absolute Gasteiger partial charge is 0.481 e. The molecule has 2 rings (SSSR count). The first-order valence-corrected chi connectivity index (χ1v) is 8.73. The molecule has 0 aliphatic carbocycles. The van der Waals surface area contributed by atoms with E-state index in [0.29, 0.717) is 22.1 Å².